The van der Waals surface area contributed by atoms with Crippen LogP contribution in [0, 0.1) is 6.92 Å². The number of hydrazine groups is 1. The molecule has 2 rings (SSSR count). The summed E-state index contributed by atoms with van der Waals surface area (Å²) in [5.41, 5.74) is 5.79. The molecule has 1 aromatic carbocycles. The zero-order chi connectivity index (χ0) is 18.4. The Morgan fingerprint density at radius 3 is 2.32 bits per heavy atom. The topological polar surface area (TPSA) is 93.8 Å². The summed E-state index contributed by atoms with van der Waals surface area (Å²) in [5, 5.41) is -0.188. The summed E-state index contributed by atoms with van der Waals surface area (Å²) in [5.74, 6) is -0.276. The zero-order valence-corrected chi connectivity index (χ0v) is 15.9. The lowest BCUT2D eigenvalue weighted by atomic mass is 10.2. The molecule has 1 amide bonds. The van der Waals surface area contributed by atoms with Crippen molar-refractivity contribution in [2.45, 2.75) is 11.8 Å². The van der Waals surface area contributed by atoms with Crippen LogP contribution in [0.3, 0.4) is 0 Å². The first-order valence-corrected chi connectivity index (χ1v) is 9.74. The number of sulfonamides is 1. The smallest absolute Gasteiger partial charge is 0.263 e. The van der Waals surface area contributed by atoms with Crippen molar-refractivity contribution in [2.24, 2.45) is 0 Å². The van der Waals surface area contributed by atoms with Gasteiger partial charge in [0.05, 0.1) is 11.4 Å². The first-order chi connectivity index (χ1) is 11.8. The van der Waals surface area contributed by atoms with E-state index in [9.17, 15) is 13.2 Å². The molecule has 0 saturated carbocycles. The summed E-state index contributed by atoms with van der Waals surface area (Å²) in [6.07, 6.45) is 0. The highest BCUT2D eigenvalue weighted by Gasteiger charge is 2.18. The molecule has 25 heavy (non-hydrogen) atoms. The summed E-state index contributed by atoms with van der Waals surface area (Å²) >= 11 is 4.93. The molecule has 0 bridgehead atoms. The number of benzene rings is 1. The summed E-state index contributed by atoms with van der Waals surface area (Å²) in [7, 11) is -1.74. The number of thiocarbonyl (C=S) groups is 1. The Bertz CT molecular complexity index is 713. The maximum absolute atomic E-state index is 12.2. The van der Waals surface area contributed by atoms with Crippen molar-refractivity contribution in [2.75, 3.05) is 39.8 Å². The molecule has 0 spiro atoms. The molecular formula is C15H23N5O3S2. The van der Waals surface area contributed by atoms with Gasteiger partial charge in [0.2, 0.25) is 0 Å². The van der Waals surface area contributed by atoms with Crippen LogP contribution in [-0.4, -0.2) is 69.0 Å². The number of amides is 1. The monoisotopic (exact) mass is 385 g/mol. The average molecular weight is 386 g/mol. The first kappa shape index (κ1) is 19.6. The second kappa shape index (κ2) is 8.56. The summed E-state index contributed by atoms with van der Waals surface area (Å²) in [6, 6.07) is 6.38. The van der Waals surface area contributed by atoms with Crippen molar-refractivity contribution in [3.8, 4) is 0 Å². The van der Waals surface area contributed by atoms with Crippen LogP contribution < -0.4 is 15.6 Å². The molecule has 1 heterocycles. The molecular weight excluding hydrogens is 362 g/mol. The number of nitrogens with zero attached hydrogens (tertiary/aromatic N) is 2. The van der Waals surface area contributed by atoms with Crippen LogP contribution >= 0.6 is 12.2 Å². The standard InChI is InChI=1S/C15H23N5O3S2/c1-12-3-5-13(6-4-12)25(22,23)18-15(24)17-16-14(21)11-20-9-7-19(2)8-10-20/h3-6H,7-11H2,1-2H3,(H,16,21)(H2,17,18,24). The number of hydrogen-bond donors (Lipinski definition) is 3. The number of carbonyl (C=O) groups excluding carboxylic acids is 1. The van der Waals surface area contributed by atoms with E-state index in [2.05, 4.69) is 20.5 Å². The van der Waals surface area contributed by atoms with Crippen LogP contribution in [-0.2, 0) is 14.8 Å². The minimum atomic E-state index is -3.78. The fraction of sp³-hybridized carbons (Fsp3) is 0.467. The Kier molecular flexibility index (Phi) is 6.71. The molecule has 0 aromatic heterocycles. The van der Waals surface area contributed by atoms with Gasteiger partial charge in [-0.2, -0.15) is 0 Å². The fourth-order valence-electron chi connectivity index (χ4n) is 2.30. The Morgan fingerprint density at radius 1 is 1.12 bits per heavy atom. The van der Waals surface area contributed by atoms with Crippen molar-refractivity contribution in [1.29, 1.82) is 0 Å². The molecule has 1 aliphatic rings. The Hall–Kier alpha value is -1.75. The molecule has 0 radical (unpaired) electrons. The fourth-order valence-corrected chi connectivity index (χ4v) is 3.59. The van der Waals surface area contributed by atoms with E-state index in [0.717, 1.165) is 31.7 Å². The highest BCUT2D eigenvalue weighted by atomic mass is 32.2. The van der Waals surface area contributed by atoms with Gasteiger partial charge in [-0.25, -0.2) is 8.42 Å². The van der Waals surface area contributed by atoms with Crippen molar-refractivity contribution in [3.63, 3.8) is 0 Å². The van der Waals surface area contributed by atoms with Crippen LogP contribution in [0.15, 0.2) is 29.2 Å². The van der Waals surface area contributed by atoms with Crippen LogP contribution in [0.5, 0.6) is 0 Å². The van der Waals surface area contributed by atoms with Gasteiger partial charge < -0.3 is 4.90 Å². The van der Waals surface area contributed by atoms with E-state index in [0.29, 0.717) is 0 Å². The molecule has 138 valence electrons. The van der Waals surface area contributed by atoms with Crippen molar-refractivity contribution < 1.29 is 13.2 Å². The number of aryl methyl sites for hydroxylation is 1. The average Bonchev–Trinajstić information content (AvgIpc) is 2.55. The summed E-state index contributed by atoms with van der Waals surface area (Å²) < 4.78 is 26.6. The Balaban J connectivity index is 1.78. The van der Waals surface area contributed by atoms with Crippen LogP contribution in [0.2, 0.25) is 0 Å². The van der Waals surface area contributed by atoms with E-state index in [1.165, 1.54) is 12.1 Å². The SMILES string of the molecule is Cc1ccc(S(=O)(=O)NC(=S)NNC(=O)CN2CCN(C)CC2)cc1. The molecule has 0 aliphatic carbocycles. The van der Waals surface area contributed by atoms with Gasteiger partial charge in [-0.3, -0.25) is 25.3 Å². The van der Waals surface area contributed by atoms with Gasteiger partial charge in [-0.05, 0) is 38.3 Å². The highest BCUT2D eigenvalue weighted by Crippen LogP contribution is 2.09. The maximum atomic E-state index is 12.2. The third kappa shape index (κ3) is 6.24. The number of likely N-dealkylation sites (N-methyl/N-ethyl adjacent to an activating group) is 1. The van der Waals surface area contributed by atoms with Gasteiger partial charge in [0.1, 0.15) is 0 Å². The number of hydrogen-bond acceptors (Lipinski definition) is 6. The lowest BCUT2D eigenvalue weighted by Gasteiger charge is -2.31. The van der Waals surface area contributed by atoms with Gasteiger partial charge in [0, 0.05) is 26.2 Å². The van der Waals surface area contributed by atoms with E-state index in [4.69, 9.17) is 12.2 Å². The normalized spacial score (nSPS) is 16.2. The van der Waals surface area contributed by atoms with Gasteiger partial charge in [0.15, 0.2) is 5.11 Å². The molecule has 0 atom stereocenters. The quantitative estimate of drug-likeness (QED) is 0.472. The van der Waals surface area contributed by atoms with E-state index >= 15 is 0 Å². The molecule has 3 N–H and O–H groups in total. The van der Waals surface area contributed by atoms with E-state index < -0.39 is 10.0 Å². The van der Waals surface area contributed by atoms with Gasteiger partial charge in [0.25, 0.3) is 15.9 Å². The molecule has 8 nitrogen and oxygen atoms in total. The lowest BCUT2D eigenvalue weighted by Crippen LogP contribution is -2.53. The molecule has 0 unspecified atom stereocenters. The third-order valence-corrected chi connectivity index (χ3v) is 5.54. The number of piperazine rings is 1. The molecule has 1 aromatic rings. The Labute approximate surface area is 153 Å². The number of carbonyl (C=O) groups is 1. The predicted octanol–water partition coefficient (Wildman–Crippen LogP) is -0.574. The van der Waals surface area contributed by atoms with Crippen molar-refractivity contribution in [3.05, 3.63) is 29.8 Å². The van der Waals surface area contributed by atoms with E-state index in [-0.39, 0.29) is 22.5 Å². The largest absolute Gasteiger partial charge is 0.304 e. The first-order valence-electron chi connectivity index (χ1n) is 7.85. The van der Waals surface area contributed by atoms with Gasteiger partial charge >= 0.3 is 0 Å². The third-order valence-electron chi connectivity index (χ3n) is 3.84. The summed E-state index contributed by atoms with van der Waals surface area (Å²) in [6.45, 7) is 5.55. The Morgan fingerprint density at radius 2 is 1.72 bits per heavy atom. The zero-order valence-electron chi connectivity index (χ0n) is 14.3. The van der Waals surface area contributed by atoms with E-state index in [1.807, 2.05) is 18.9 Å². The predicted molar refractivity (Wildman–Crippen MR) is 99.3 cm³/mol. The number of rotatable bonds is 4. The maximum Gasteiger partial charge on any atom is 0.263 e. The van der Waals surface area contributed by atoms with Crippen LogP contribution in [0.25, 0.3) is 0 Å². The summed E-state index contributed by atoms with van der Waals surface area (Å²) in [4.78, 5) is 16.2. The molecule has 10 heteroatoms. The lowest BCUT2D eigenvalue weighted by molar-refractivity contribution is -0.123. The molecule has 1 saturated heterocycles. The van der Waals surface area contributed by atoms with Crippen LogP contribution in [0.4, 0.5) is 0 Å². The number of nitrogens with one attached hydrogen (secondary N) is 3. The second-order valence-corrected chi connectivity index (χ2v) is 8.09. The van der Waals surface area contributed by atoms with Gasteiger partial charge in [-0.1, -0.05) is 17.7 Å². The van der Waals surface area contributed by atoms with Crippen LogP contribution in [0.1, 0.15) is 5.56 Å². The minimum absolute atomic E-state index is 0.103. The minimum Gasteiger partial charge on any atom is -0.304 e. The van der Waals surface area contributed by atoms with Crippen molar-refractivity contribution >= 4 is 33.3 Å². The van der Waals surface area contributed by atoms with E-state index in [1.54, 1.807) is 12.1 Å². The van der Waals surface area contributed by atoms with Crippen molar-refractivity contribution in [1.82, 2.24) is 25.4 Å². The van der Waals surface area contributed by atoms with Gasteiger partial charge in [-0.15, -0.1) is 0 Å². The second-order valence-electron chi connectivity index (χ2n) is 6.00. The highest BCUT2D eigenvalue weighted by molar-refractivity contribution is 7.91. The molecule has 1 aliphatic heterocycles. The molecule has 1 fully saturated rings.